The molecule has 5 nitrogen and oxygen atoms in total. The predicted molar refractivity (Wildman–Crippen MR) is 116 cm³/mol. The summed E-state index contributed by atoms with van der Waals surface area (Å²) in [5.74, 6) is 2.14. The van der Waals surface area contributed by atoms with Crippen LogP contribution in [0.1, 0.15) is 71.1 Å². The van der Waals surface area contributed by atoms with Gasteiger partial charge in [-0.1, -0.05) is 51.9 Å². The summed E-state index contributed by atoms with van der Waals surface area (Å²) < 4.78 is 0. The number of hydrogen-bond donors (Lipinski definition) is 2. The van der Waals surface area contributed by atoms with E-state index in [9.17, 15) is 5.26 Å². The van der Waals surface area contributed by atoms with Crippen LogP contribution >= 0.6 is 0 Å². The molecule has 2 saturated carbocycles. The average Bonchev–Trinajstić information content (AvgIpc) is 3.15. The van der Waals surface area contributed by atoms with E-state index in [2.05, 4.69) is 33.4 Å². The number of piperazine rings is 1. The van der Waals surface area contributed by atoms with Gasteiger partial charge in [0.15, 0.2) is 0 Å². The van der Waals surface area contributed by atoms with E-state index in [1.54, 1.807) is 0 Å². The summed E-state index contributed by atoms with van der Waals surface area (Å²) in [6.45, 7) is 6.97. The number of nitrogens with zero attached hydrogens (tertiary/aromatic N) is 3. The van der Waals surface area contributed by atoms with Gasteiger partial charge in [-0.3, -0.25) is 15.1 Å². The van der Waals surface area contributed by atoms with Crippen LogP contribution in [0.3, 0.4) is 0 Å². The summed E-state index contributed by atoms with van der Waals surface area (Å²) in [5, 5.41) is 17.8. The van der Waals surface area contributed by atoms with Gasteiger partial charge in [0.25, 0.3) is 0 Å². The monoisotopic (exact) mass is 399 g/mol. The lowest BCUT2D eigenvalue weighted by molar-refractivity contribution is -0.113. The van der Waals surface area contributed by atoms with Crippen LogP contribution in [0.25, 0.3) is 0 Å². The number of nitrogens with one attached hydrogen (secondary N) is 2. The summed E-state index contributed by atoms with van der Waals surface area (Å²) in [6.07, 6.45) is 14.6. The fourth-order valence-corrected chi connectivity index (χ4v) is 7.61. The van der Waals surface area contributed by atoms with Crippen molar-refractivity contribution in [1.82, 2.24) is 20.4 Å². The molecule has 7 unspecified atom stereocenters. The number of nitriles is 1. The Morgan fingerprint density at radius 1 is 0.966 bits per heavy atom. The van der Waals surface area contributed by atoms with Crippen LogP contribution in [-0.2, 0) is 0 Å². The highest BCUT2D eigenvalue weighted by Crippen LogP contribution is 2.47. The zero-order valence-corrected chi connectivity index (χ0v) is 18.4. The first-order valence-corrected chi connectivity index (χ1v) is 12.7. The second-order valence-corrected chi connectivity index (χ2v) is 10.6. The second kappa shape index (κ2) is 8.83. The molecule has 0 bridgehead atoms. The van der Waals surface area contributed by atoms with E-state index in [4.69, 9.17) is 0 Å². The molecule has 5 fully saturated rings. The highest BCUT2D eigenvalue weighted by atomic mass is 15.5. The van der Waals surface area contributed by atoms with E-state index in [1.807, 2.05) is 0 Å². The zero-order chi connectivity index (χ0) is 19.8. The standard InChI is InChI=1S/C24H41N5/c1-17-19(15-18-7-3-2-4-8-18)24(28-13-11-26-12-14-28)29-22-10-6-5-9-21(22)27-23(29)20(17)16-25/h17-24,26-27H,2-15H2,1H3. The van der Waals surface area contributed by atoms with Gasteiger partial charge in [0, 0.05) is 38.3 Å². The molecule has 7 atom stereocenters. The average molecular weight is 400 g/mol. The third-order valence-electron chi connectivity index (χ3n) is 9.09. The van der Waals surface area contributed by atoms with Gasteiger partial charge >= 0.3 is 0 Å². The largest absolute Gasteiger partial charge is 0.314 e. The summed E-state index contributed by atoms with van der Waals surface area (Å²) in [7, 11) is 0. The van der Waals surface area contributed by atoms with Crippen LogP contribution in [0.4, 0.5) is 0 Å². The van der Waals surface area contributed by atoms with Crippen molar-refractivity contribution >= 4 is 0 Å². The van der Waals surface area contributed by atoms with Gasteiger partial charge in [-0.2, -0.15) is 5.26 Å². The lowest BCUT2D eigenvalue weighted by Gasteiger charge is -2.55. The maximum absolute atomic E-state index is 10.2. The third kappa shape index (κ3) is 3.76. The van der Waals surface area contributed by atoms with Gasteiger partial charge in [0.2, 0.25) is 0 Å². The molecule has 5 aliphatic rings. The van der Waals surface area contributed by atoms with Crippen molar-refractivity contribution in [3.8, 4) is 6.07 Å². The van der Waals surface area contributed by atoms with E-state index in [1.165, 1.54) is 64.2 Å². The maximum Gasteiger partial charge on any atom is 0.0780 e. The molecule has 5 rings (SSSR count). The minimum Gasteiger partial charge on any atom is -0.314 e. The van der Waals surface area contributed by atoms with Gasteiger partial charge in [-0.15, -0.1) is 0 Å². The van der Waals surface area contributed by atoms with E-state index in [-0.39, 0.29) is 12.1 Å². The SMILES string of the molecule is CC1C(C#N)C2NC3CCCCC3N2C(N2CCNCC2)C1CC1CCCCC1. The molecule has 0 aromatic carbocycles. The molecule has 3 saturated heterocycles. The quantitative estimate of drug-likeness (QED) is 0.764. The van der Waals surface area contributed by atoms with Crippen molar-refractivity contribution < 1.29 is 0 Å². The molecule has 3 aliphatic heterocycles. The summed E-state index contributed by atoms with van der Waals surface area (Å²) in [5.41, 5.74) is 0. The van der Waals surface area contributed by atoms with Crippen LogP contribution < -0.4 is 10.6 Å². The van der Waals surface area contributed by atoms with E-state index >= 15 is 0 Å². The molecule has 0 radical (unpaired) electrons. The van der Waals surface area contributed by atoms with Crippen molar-refractivity contribution in [3.05, 3.63) is 0 Å². The predicted octanol–water partition coefficient (Wildman–Crippen LogP) is 3.14. The zero-order valence-electron chi connectivity index (χ0n) is 18.4. The molecule has 29 heavy (non-hydrogen) atoms. The van der Waals surface area contributed by atoms with E-state index in [0.717, 1.165) is 32.1 Å². The van der Waals surface area contributed by atoms with Crippen molar-refractivity contribution in [2.45, 2.75) is 95.5 Å². The Hall–Kier alpha value is -0.670. The maximum atomic E-state index is 10.2. The molecule has 5 heteroatoms. The Morgan fingerprint density at radius 3 is 2.45 bits per heavy atom. The lowest BCUT2D eigenvalue weighted by Crippen LogP contribution is -2.67. The highest BCUT2D eigenvalue weighted by molar-refractivity contribution is 5.12. The van der Waals surface area contributed by atoms with Gasteiger partial charge in [-0.05, 0) is 37.0 Å². The fraction of sp³-hybridized carbons (Fsp3) is 0.958. The summed E-state index contributed by atoms with van der Waals surface area (Å²) in [6, 6.07) is 4.04. The van der Waals surface area contributed by atoms with Crippen molar-refractivity contribution in [2.75, 3.05) is 26.2 Å². The molecule has 162 valence electrons. The minimum absolute atomic E-state index is 0.133. The van der Waals surface area contributed by atoms with E-state index < -0.39 is 0 Å². The van der Waals surface area contributed by atoms with Crippen molar-refractivity contribution in [3.63, 3.8) is 0 Å². The molecule has 3 heterocycles. The van der Waals surface area contributed by atoms with Gasteiger partial charge in [0.05, 0.1) is 24.3 Å². The molecule has 0 spiro atoms. The Balaban J connectivity index is 1.47. The lowest BCUT2D eigenvalue weighted by atomic mass is 9.69. The number of piperidine rings is 1. The molecular weight excluding hydrogens is 358 g/mol. The van der Waals surface area contributed by atoms with Crippen molar-refractivity contribution in [2.24, 2.45) is 23.7 Å². The second-order valence-electron chi connectivity index (χ2n) is 10.6. The van der Waals surface area contributed by atoms with Crippen LogP contribution in [0, 0.1) is 35.0 Å². The Bertz CT molecular complexity index is 591. The van der Waals surface area contributed by atoms with Crippen molar-refractivity contribution in [1.29, 1.82) is 5.26 Å². The molecular formula is C24H41N5. The van der Waals surface area contributed by atoms with Crippen LogP contribution in [0.2, 0.25) is 0 Å². The summed E-state index contributed by atoms with van der Waals surface area (Å²) >= 11 is 0. The number of rotatable bonds is 3. The normalized spacial score (nSPS) is 44.8. The fourth-order valence-electron chi connectivity index (χ4n) is 7.61. The first kappa shape index (κ1) is 20.2. The van der Waals surface area contributed by atoms with Gasteiger partial charge in [-0.25, -0.2) is 0 Å². The Kier molecular flexibility index (Phi) is 6.16. The summed E-state index contributed by atoms with van der Waals surface area (Å²) in [4.78, 5) is 5.66. The molecule has 2 aliphatic carbocycles. The van der Waals surface area contributed by atoms with Crippen LogP contribution in [-0.4, -0.2) is 60.4 Å². The number of hydrogen-bond acceptors (Lipinski definition) is 5. The topological polar surface area (TPSA) is 54.3 Å². The third-order valence-corrected chi connectivity index (χ3v) is 9.09. The molecule has 2 N–H and O–H groups in total. The minimum atomic E-state index is 0.133. The van der Waals surface area contributed by atoms with Gasteiger partial charge < -0.3 is 5.32 Å². The molecule has 0 aromatic heterocycles. The molecule has 0 aromatic rings. The number of fused-ring (bicyclic) bond motifs is 3. The van der Waals surface area contributed by atoms with Gasteiger partial charge in [0.1, 0.15) is 0 Å². The first-order chi connectivity index (χ1) is 14.3. The van der Waals surface area contributed by atoms with E-state index in [0.29, 0.717) is 30.1 Å². The highest BCUT2D eigenvalue weighted by Gasteiger charge is 2.57. The molecule has 0 amide bonds. The first-order valence-electron chi connectivity index (χ1n) is 12.7. The van der Waals surface area contributed by atoms with Crippen LogP contribution in [0.5, 0.6) is 0 Å². The van der Waals surface area contributed by atoms with Crippen LogP contribution in [0.15, 0.2) is 0 Å². The Labute approximate surface area is 177 Å². The smallest absolute Gasteiger partial charge is 0.0780 e. The Morgan fingerprint density at radius 2 is 1.69 bits per heavy atom.